The molecule has 1 aromatic heterocycles. The SMILES string of the molecule is O=C(Cn1ccc2ccccc21)NC1(CO)CCCC1. The molecule has 1 saturated carbocycles. The number of amides is 1. The molecule has 4 heteroatoms. The van der Waals surface area contributed by atoms with Crippen LogP contribution in [-0.4, -0.2) is 27.7 Å². The Kier molecular flexibility index (Phi) is 3.49. The fraction of sp³-hybridized carbons (Fsp3) is 0.438. The number of hydrogen-bond donors (Lipinski definition) is 2. The number of carbonyl (C=O) groups is 1. The number of aliphatic hydroxyl groups is 1. The molecule has 1 amide bonds. The molecule has 1 fully saturated rings. The number of nitrogens with one attached hydrogen (secondary N) is 1. The van der Waals surface area contributed by atoms with Crippen molar-refractivity contribution in [2.24, 2.45) is 0 Å². The van der Waals surface area contributed by atoms with Crippen molar-refractivity contribution >= 4 is 16.8 Å². The van der Waals surface area contributed by atoms with Crippen LogP contribution in [-0.2, 0) is 11.3 Å². The zero-order chi connectivity index (χ0) is 14.0. The summed E-state index contributed by atoms with van der Waals surface area (Å²) in [5, 5.41) is 13.7. The van der Waals surface area contributed by atoms with Crippen LogP contribution in [0.25, 0.3) is 10.9 Å². The van der Waals surface area contributed by atoms with E-state index in [9.17, 15) is 9.90 Å². The zero-order valence-corrected chi connectivity index (χ0v) is 11.5. The van der Waals surface area contributed by atoms with Gasteiger partial charge >= 0.3 is 0 Å². The van der Waals surface area contributed by atoms with Crippen molar-refractivity contribution in [3.05, 3.63) is 36.5 Å². The third-order valence-electron chi connectivity index (χ3n) is 4.26. The van der Waals surface area contributed by atoms with E-state index in [0.717, 1.165) is 36.6 Å². The number of carbonyl (C=O) groups excluding carboxylic acids is 1. The minimum atomic E-state index is -0.389. The molecule has 2 N–H and O–H groups in total. The molecule has 20 heavy (non-hydrogen) atoms. The number of hydrogen-bond acceptors (Lipinski definition) is 2. The fourth-order valence-electron chi connectivity index (χ4n) is 3.14. The maximum Gasteiger partial charge on any atom is 0.240 e. The van der Waals surface area contributed by atoms with Crippen LogP contribution in [0, 0.1) is 0 Å². The number of para-hydroxylation sites is 1. The van der Waals surface area contributed by atoms with Crippen LogP contribution in [0.4, 0.5) is 0 Å². The average Bonchev–Trinajstić information content (AvgIpc) is 3.07. The highest BCUT2D eigenvalue weighted by Gasteiger charge is 2.34. The van der Waals surface area contributed by atoms with E-state index in [1.807, 2.05) is 41.1 Å². The summed E-state index contributed by atoms with van der Waals surface area (Å²) in [5.41, 5.74) is 0.673. The van der Waals surface area contributed by atoms with E-state index in [1.54, 1.807) is 0 Å². The van der Waals surface area contributed by atoms with Crippen LogP contribution in [0.1, 0.15) is 25.7 Å². The Balaban J connectivity index is 1.73. The van der Waals surface area contributed by atoms with E-state index in [-0.39, 0.29) is 18.1 Å². The molecule has 1 heterocycles. The first-order chi connectivity index (χ1) is 9.72. The quantitative estimate of drug-likeness (QED) is 0.895. The Morgan fingerprint density at radius 3 is 2.75 bits per heavy atom. The summed E-state index contributed by atoms with van der Waals surface area (Å²) < 4.78 is 1.95. The van der Waals surface area contributed by atoms with Gasteiger partial charge in [0.2, 0.25) is 5.91 Å². The molecule has 0 aliphatic heterocycles. The van der Waals surface area contributed by atoms with Crippen molar-refractivity contribution in [3.8, 4) is 0 Å². The summed E-state index contributed by atoms with van der Waals surface area (Å²) >= 11 is 0. The van der Waals surface area contributed by atoms with Crippen molar-refractivity contribution in [3.63, 3.8) is 0 Å². The Labute approximate surface area is 118 Å². The second-order valence-electron chi connectivity index (χ2n) is 5.70. The van der Waals surface area contributed by atoms with E-state index >= 15 is 0 Å². The topological polar surface area (TPSA) is 54.3 Å². The van der Waals surface area contributed by atoms with E-state index in [4.69, 9.17) is 0 Å². The molecule has 4 nitrogen and oxygen atoms in total. The summed E-state index contributed by atoms with van der Waals surface area (Å²) in [6.07, 6.45) is 5.84. The number of fused-ring (bicyclic) bond motifs is 1. The molecule has 2 aromatic rings. The van der Waals surface area contributed by atoms with Gasteiger partial charge in [0.25, 0.3) is 0 Å². The van der Waals surface area contributed by atoms with Gasteiger partial charge in [0.1, 0.15) is 6.54 Å². The van der Waals surface area contributed by atoms with Gasteiger partial charge in [-0.25, -0.2) is 0 Å². The second kappa shape index (κ2) is 5.29. The van der Waals surface area contributed by atoms with Gasteiger partial charge in [-0.15, -0.1) is 0 Å². The molecule has 0 atom stereocenters. The lowest BCUT2D eigenvalue weighted by atomic mass is 9.99. The number of rotatable bonds is 4. The summed E-state index contributed by atoms with van der Waals surface area (Å²) in [7, 11) is 0. The molecule has 1 aliphatic rings. The van der Waals surface area contributed by atoms with Crippen LogP contribution >= 0.6 is 0 Å². The fourth-order valence-corrected chi connectivity index (χ4v) is 3.14. The third-order valence-corrected chi connectivity index (χ3v) is 4.26. The van der Waals surface area contributed by atoms with Crippen LogP contribution < -0.4 is 5.32 Å². The van der Waals surface area contributed by atoms with Gasteiger partial charge in [-0.2, -0.15) is 0 Å². The average molecular weight is 272 g/mol. The zero-order valence-electron chi connectivity index (χ0n) is 11.5. The van der Waals surface area contributed by atoms with Crippen molar-refractivity contribution in [1.82, 2.24) is 9.88 Å². The van der Waals surface area contributed by atoms with Crippen LogP contribution in [0.15, 0.2) is 36.5 Å². The molecule has 3 rings (SSSR count). The predicted octanol–water partition coefficient (Wildman–Crippen LogP) is 2.06. The van der Waals surface area contributed by atoms with Gasteiger partial charge in [-0.3, -0.25) is 4.79 Å². The maximum atomic E-state index is 12.2. The minimum absolute atomic E-state index is 0.0256. The Morgan fingerprint density at radius 2 is 2.00 bits per heavy atom. The van der Waals surface area contributed by atoms with Gasteiger partial charge in [0, 0.05) is 11.7 Å². The molecule has 106 valence electrons. The Hall–Kier alpha value is -1.81. The van der Waals surface area contributed by atoms with E-state index in [0.29, 0.717) is 6.54 Å². The maximum absolute atomic E-state index is 12.2. The molecule has 1 aromatic carbocycles. The smallest absolute Gasteiger partial charge is 0.240 e. The van der Waals surface area contributed by atoms with Crippen molar-refractivity contribution in [2.75, 3.05) is 6.61 Å². The summed E-state index contributed by atoms with van der Waals surface area (Å²) in [6, 6.07) is 10.0. The van der Waals surface area contributed by atoms with Crippen LogP contribution in [0.5, 0.6) is 0 Å². The van der Waals surface area contributed by atoms with Crippen molar-refractivity contribution in [2.45, 2.75) is 37.8 Å². The molecule has 0 radical (unpaired) electrons. The third kappa shape index (κ3) is 2.43. The molecular formula is C16H20N2O2. The summed E-state index contributed by atoms with van der Waals surface area (Å²) in [4.78, 5) is 12.2. The number of nitrogens with zero attached hydrogens (tertiary/aromatic N) is 1. The number of aromatic nitrogens is 1. The highest BCUT2D eigenvalue weighted by Crippen LogP contribution is 2.29. The van der Waals surface area contributed by atoms with Crippen LogP contribution in [0.2, 0.25) is 0 Å². The van der Waals surface area contributed by atoms with Gasteiger partial charge in [0.15, 0.2) is 0 Å². The molecule has 0 unspecified atom stereocenters. The standard InChI is InChI=1S/C16H20N2O2/c19-12-16(8-3-4-9-16)17-15(20)11-18-10-7-13-5-1-2-6-14(13)18/h1-2,5-7,10,19H,3-4,8-9,11-12H2,(H,17,20). The highest BCUT2D eigenvalue weighted by atomic mass is 16.3. The van der Waals surface area contributed by atoms with Crippen molar-refractivity contribution < 1.29 is 9.90 Å². The van der Waals surface area contributed by atoms with Gasteiger partial charge in [0.05, 0.1) is 12.1 Å². The minimum Gasteiger partial charge on any atom is -0.394 e. The largest absolute Gasteiger partial charge is 0.394 e. The lowest BCUT2D eigenvalue weighted by Gasteiger charge is -2.28. The van der Waals surface area contributed by atoms with E-state index in [2.05, 4.69) is 5.32 Å². The lowest BCUT2D eigenvalue weighted by molar-refractivity contribution is -0.124. The predicted molar refractivity (Wildman–Crippen MR) is 78.4 cm³/mol. The lowest BCUT2D eigenvalue weighted by Crippen LogP contribution is -2.50. The Bertz CT molecular complexity index is 612. The molecule has 1 aliphatic carbocycles. The second-order valence-corrected chi connectivity index (χ2v) is 5.70. The first-order valence-electron chi connectivity index (χ1n) is 7.18. The molecule has 0 bridgehead atoms. The van der Waals surface area contributed by atoms with E-state index < -0.39 is 0 Å². The monoisotopic (exact) mass is 272 g/mol. The normalized spacial score (nSPS) is 17.4. The summed E-state index contributed by atoms with van der Waals surface area (Å²) in [5.74, 6) is -0.0256. The van der Waals surface area contributed by atoms with Gasteiger partial charge < -0.3 is 15.0 Å². The molecular weight excluding hydrogens is 252 g/mol. The summed E-state index contributed by atoms with van der Waals surface area (Å²) in [6.45, 7) is 0.334. The van der Waals surface area contributed by atoms with Crippen molar-refractivity contribution in [1.29, 1.82) is 0 Å². The number of aliphatic hydroxyl groups excluding tert-OH is 1. The van der Waals surface area contributed by atoms with Gasteiger partial charge in [-0.1, -0.05) is 31.0 Å². The first kappa shape index (κ1) is 13.2. The molecule has 0 spiro atoms. The van der Waals surface area contributed by atoms with Crippen LogP contribution in [0.3, 0.4) is 0 Å². The van der Waals surface area contributed by atoms with E-state index in [1.165, 1.54) is 0 Å². The van der Waals surface area contributed by atoms with Gasteiger partial charge in [-0.05, 0) is 30.4 Å². The highest BCUT2D eigenvalue weighted by molar-refractivity contribution is 5.83. The Morgan fingerprint density at radius 1 is 1.25 bits per heavy atom. The number of benzene rings is 1. The molecule has 0 saturated heterocycles. The first-order valence-corrected chi connectivity index (χ1v) is 7.18.